The molecule has 2 N–H and O–H groups in total. The SMILES string of the molecule is COCc1ccc(CC(CCC(=O)O)NC=O)cc1. The molecule has 5 nitrogen and oxygen atoms in total. The molecule has 0 spiro atoms. The molecule has 0 heterocycles. The van der Waals surface area contributed by atoms with Gasteiger partial charge in [-0.2, -0.15) is 0 Å². The van der Waals surface area contributed by atoms with E-state index in [9.17, 15) is 9.59 Å². The quantitative estimate of drug-likeness (QED) is 0.661. The van der Waals surface area contributed by atoms with Crippen molar-refractivity contribution in [2.45, 2.75) is 31.9 Å². The lowest BCUT2D eigenvalue weighted by Gasteiger charge is -2.15. The molecule has 104 valence electrons. The van der Waals surface area contributed by atoms with Crippen molar-refractivity contribution in [2.75, 3.05) is 7.11 Å². The van der Waals surface area contributed by atoms with E-state index in [1.807, 2.05) is 24.3 Å². The number of carboxylic acids is 1. The zero-order chi connectivity index (χ0) is 14.1. The van der Waals surface area contributed by atoms with Crippen LogP contribution >= 0.6 is 0 Å². The fourth-order valence-corrected chi connectivity index (χ4v) is 1.86. The summed E-state index contributed by atoms with van der Waals surface area (Å²) in [5.74, 6) is -0.854. The highest BCUT2D eigenvalue weighted by atomic mass is 16.5. The highest BCUT2D eigenvalue weighted by Crippen LogP contribution is 2.10. The van der Waals surface area contributed by atoms with Gasteiger partial charge in [0.25, 0.3) is 0 Å². The van der Waals surface area contributed by atoms with Crippen LogP contribution in [0.1, 0.15) is 24.0 Å². The van der Waals surface area contributed by atoms with E-state index in [0.29, 0.717) is 25.9 Å². The van der Waals surface area contributed by atoms with Crippen LogP contribution in [-0.4, -0.2) is 30.6 Å². The third kappa shape index (κ3) is 6.01. The van der Waals surface area contributed by atoms with E-state index in [1.165, 1.54) is 0 Å². The molecule has 1 atom stereocenters. The fourth-order valence-electron chi connectivity index (χ4n) is 1.86. The van der Waals surface area contributed by atoms with E-state index in [2.05, 4.69) is 5.32 Å². The second kappa shape index (κ2) is 8.26. The molecule has 0 fully saturated rings. The topological polar surface area (TPSA) is 75.6 Å². The van der Waals surface area contributed by atoms with E-state index >= 15 is 0 Å². The number of hydrogen-bond donors (Lipinski definition) is 2. The summed E-state index contributed by atoms with van der Waals surface area (Å²) in [4.78, 5) is 21.1. The minimum Gasteiger partial charge on any atom is -0.481 e. The van der Waals surface area contributed by atoms with E-state index < -0.39 is 5.97 Å². The average molecular weight is 265 g/mol. The number of ether oxygens (including phenoxy) is 1. The highest BCUT2D eigenvalue weighted by Gasteiger charge is 2.10. The molecule has 5 heteroatoms. The molecule has 0 saturated carbocycles. The maximum Gasteiger partial charge on any atom is 0.303 e. The molecule has 0 bridgehead atoms. The first-order valence-electron chi connectivity index (χ1n) is 6.14. The predicted molar refractivity (Wildman–Crippen MR) is 70.7 cm³/mol. The normalized spacial score (nSPS) is 11.8. The second-order valence-corrected chi connectivity index (χ2v) is 4.37. The summed E-state index contributed by atoms with van der Waals surface area (Å²) in [5.41, 5.74) is 2.14. The van der Waals surface area contributed by atoms with Crippen molar-refractivity contribution < 1.29 is 19.4 Å². The number of nitrogens with one attached hydrogen (secondary N) is 1. The first-order chi connectivity index (χ1) is 9.15. The summed E-state index contributed by atoms with van der Waals surface area (Å²) in [7, 11) is 1.64. The van der Waals surface area contributed by atoms with Crippen LogP contribution in [-0.2, 0) is 27.4 Å². The van der Waals surface area contributed by atoms with Crippen LogP contribution in [0.3, 0.4) is 0 Å². The standard InChI is InChI=1S/C14H19NO4/c1-19-9-12-4-2-11(3-5-12)8-13(15-10-16)6-7-14(17)18/h2-5,10,13H,6-9H2,1H3,(H,15,16)(H,17,18). The van der Waals surface area contributed by atoms with E-state index in [1.54, 1.807) is 7.11 Å². The molecule has 1 aromatic rings. The molecule has 0 saturated heterocycles. The second-order valence-electron chi connectivity index (χ2n) is 4.37. The summed E-state index contributed by atoms with van der Waals surface area (Å²) in [6.07, 6.45) is 1.71. The molecule has 0 aliphatic rings. The van der Waals surface area contributed by atoms with Crippen LogP contribution in [0.5, 0.6) is 0 Å². The van der Waals surface area contributed by atoms with Crippen molar-refractivity contribution in [1.82, 2.24) is 5.32 Å². The van der Waals surface area contributed by atoms with Crippen molar-refractivity contribution in [1.29, 1.82) is 0 Å². The Morgan fingerprint density at radius 3 is 2.53 bits per heavy atom. The Kier molecular flexibility index (Phi) is 6.60. The first kappa shape index (κ1) is 15.2. The Balaban J connectivity index is 2.56. The van der Waals surface area contributed by atoms with Gasteiger partial charge in [0.05, 0.1) is 6.61 Å². The molecular formula is C14H19NO4. The van der Waals surface area contributed by atoms with Gasteiger partial charge in [0.1, 0.15) is 0 Å². The zero-order valence-electron chi connectivity index (χ0n) is 11.0. The van der Waals surface area contributed by atoms with Crippen LogP contribution in [0.2, 0.25) is 0 Å². The van der Waals surface area contributed by atoms with E-state index in [-0.39, 0.29) is 12.5 Å². The van der Waals surface area contributed by atoms with Gasteiger partial charge in [-0.05, 0) is 24.0 Å². The number of hydrogen-bond acceptors (Lipinski definition) is 3. The monoisotopic (exact) mass is 265 g/mol. The number of benzene rings is 1. The van der Waals surface area contributed by atoms with Gasteiger partial charge in [-0.3, -0.25) is 9.59 Å². The molecule has 0 aliphatic heterocycles. The number of methoxy groups -OCH3 is 1. The van der Waals surface area contributed by atoms with Crippen molar-refractivity contribution in [2.24, 2.45) is 0 Å². The Hall–Kier alpha value is -1.88. The molecule has 1 rings (SSSR count). The van der Waals surface area contributed by atoms with Gasteiger partial charge < -0.3 is 15.2 Å². The van der Waals surface area contributed by atoms with E-state index in [0.717, 1.165) is 11.1 Å². The van der Waals surface area contributed by atoms with Crippen LogP contribution in [0, 0.1) is 0 Å². The van der Waals surface area contributed by atoms with Gasteiger partial charge in [-0.1, -0.05) is 24.3 Å². The predicted octanol–water partition coefficient (Wildman–Crippen LogP) is 1.35. The van der Waals surface area contributed by atoms with Gasteiger partial charge in [0.15, 0.2) is 0 Å². The number of carbonyl (C=O) groups excluding carboxylic acids is 1. The van der Waals surface area contributed by atoms with Gasteiger partial charge in [0.2, 0.25) is 6.41 Å². The molecule has 1 unspecified atom stereocenters. The molecule has 19 heavy (non-hydrogen) atoms. The number of carbonyl (C=O) groups is 2. The third-order valence-electron chi connectivity index (χ3n) is 2.83. The molecular weight excluding hydrogens is 246 g/mol. The zero-order valence-corrected chi connectivity index (χ0v) is 11.0. The van der Waals surface area contributed by atoms with Crippen LogP contribution < -0.4 is 5.32 Å². The molecule has 0 aliphatic carbocycles. The largest absolute Gasteiger partial charge is 0.481 e. The summed E-state index contributed by atoms with van der Waals surface area (Å²) < 4.78 is 5.03. The van der Waals surface area contributed by atoms with Gasteiger partial charge >= 0.3 is 5.97 Å². The van der Waals surface area contributed by atoms with Crippen LogP contribution in [0.4, 0.5) is 0 Å². The molecule has 0 radical (unpaired) electrons. The van der Waals surface area contributed by atoms with Crippen LogP contribution in [0.15, 0.2) is 24.3 Å². The molecule has 1 amide bonds. The molecule has 1 aromatic carbocycles. The Morgan fingerprint density at radius 1 is 1.37 bits per heavy atom. The summed E-state index contributed by atoms with van der Waals surface area (Å²) in [5, 5.41) is 11.3. The summed E-state index contributed by atoms with van der Waals surface area (Å²) in [6.45, 7) is 0.565. The smallest absolute Gasteiger partial charge is 0.303 e. The van der Waals surface area contributed by atoms with Crippen molar-refractivity contribution in [3.63, 3.8) is 0 Å². The van der Waals surface area contributed by atoms with Crippen LogP contribution in [0.25, 0.3) is 0 Å². The van der Waals surface area contributed by atoms with Crippen molar-refractivity contribution in [3.8, 4) is 0 Å². The number of aliphatic carboxylic acids is 1. The maximum atomic E-state index is 10.5. The average Bonchev–Trinajstić information content (AvgIpc) is 2.39. The molecule has 0 aromatic heterocycles. The van der Waals surface area contributed by atoms with Gasteiger partial charge in [0, 0.05) is 19.6 Å². The lowest BCUT2D eigenvalue weighted by Crippen LogP contribution is -2.30. The summed E-state index contributed by atoms with van der Waals surface area (Å²) in [6, 6.07) is 7.72. The van der Waals surface area contributed by atoms with E-state index in [4.69, 9.17) is 9.84 Å². The lowest BCUT2D eigenvalue weighted by atomic mass is 10.0. The van der Waals surface area contributed by atoms with Gasteiger partial charge in [-0.15, -0.1) is 0 Å². The van der Waals surface area contributed by atoms with Gasteiger partial charge in [-0.25, -0.2) is 0 Å². The Bertz CT molecular complexity index is 402. The Morgan fingerprint density at radius 2 is 2.00 bits per heavy atom. The summed E-state index contributed by atoms with van der Waals surface area (Å²) >= 11 is 0. The maximum absolute atomic E-state index is 10.5. The number of carboxylic acid groups (broad SMARTS) is 1. The highest BCUT2D eigenvalue weighted by molar-refractivity contribution is 5.66. The minimum absolute atomic E-state index is 0.0489. The minimum atomic E-state index is -0.854. The lowest BCUT2D eigenvalue weighted by molar-refractivity contribution is -0.137. The number of rotatable bonds is 9. The fraction of sp³-hybridized carbons (Fsp3) is 0.429. The first-order valence-corrected chi connectivity index (χ1v) is 6.14. The van der Waals surface area contributed by atoms with Crippen molar-refractivity contribution in [3.05, 3.63) is 35.4 Å². The van der Waals surface area contributed by atoms with Crippen molar-refractivity contribution >= 4 is 12.4 Å². The number of amides is 1. The Labute approximate surface area is 112 Å². The third-order valence-corrected chi connectivity index (χ3v) is 2.83.